The molecule has 0 saturated carbocycles. The average molecular weight is 395 g/mol. The smallest absolute Gasteiger partial charge is 0.276 e. The Labute approximate surface area is 165 Å². The maximum absolute atomic E-state index is 13.0. The average Bonchev–Trinajstić information content (AvgIpc) is 3.17. The van der Waals surface area contributed by atoms with Gasteiger partial charge in [0.05, 0.1) is 5.56 Å². The molecule has 7 nitrogen and oxygen atoms in total. The lowest BCUT2D eigenvalue weighted by atomic mass is 10.1. The zero-order valence-electron chi connectivity index (χ0n) is 15.3. The van der Waals surface area contributed by atoms with Crippen LogP contribution in [0.2, 0.25) is 0 Å². The minimum absolute atomic E-state index is 0.196. The molecule has 0 aliphatic carbocycles. The van der Waals surface area contributed by atoms with Crippen molar-refractivity contribution < 1.29 is 23.9 Å². The molecule has 1 aliphatic heterocycles. The van der Waals surface area contributed by atoms with Crippen LogP contribution in [0, 0.1) is 5.82 Å². The molecule has 0 saturated heterocycles. The maximum Gasteiger partial charge on any atom is 0.276 e. The molecule has 0 radical (unpaired) electrons. The van der Waals surface area contributed by atoms with Gasteiger partial charge in [0.2, 0.25) is 0 Å². The summed E-state index contributed by atoms with van der Waals surface area (Å²) >= 11 is 0. The molecule has 2 heterocycles. The minimum atomic E-state index is -0.656. The van der Waals surface area contributed by atoms with Crippen LogP contribution in [-0.2, 0) is 13.1 Å². The number of amides is 2. The van der Waals surface area contributed by atoms with Gasteiger partial charge in [-0.25, -0.2) is 9.87 Å². The monoisotopic (exact) mass is 395 g/mol. The number of fused-ring (bicyclic) bond motifs is 1. The fourth-order valence-corrected chi connectivity index (χ4v) is 3.27. The number of hydroxylamine groups is 1. The Balaban J connectivity index is 1.48. The van der Waals surface area contributed by atoms with E-state index in [4.69, 9.17) is 9.94 Å². The molecule has 148 valence electrons. The fraction of sp³-hybridized carbons (Fsp3) is 0.143. The first kappa shape index (κ1) is 18.7. The summed E-state index contributed by atoms with van der Waals surface area (Å²) in [4.78, 5) is 26.1. The SMILES string of the molecule is O=C(NO)c1cc2n(c1)CCN(Cc1cccc(Oc3ccc(F)cc3)c1)C2=O. The fourth-order valence-electron chi connectivity index (χ4n) is 3.27. The van der Waals surface area contributed by atoms with E-state index in [9.17, 15) is 14.0 Å². The van der Waals surface area contributed by atoms with Crippen LogP contribution in [0.5, 0.6) is 11.5 Å². The molecule has 2 N–H and O–H groups in total. The first-order chi connectivity index (χ1) is 14.0. The Bertz CT molecular complexity index is 1060. The molecule has 2 aromatic carbocycles. The Kier molecular flexibility index (Phi) is 5.01. The Morgan fingerprint density at radius 3 is 2.66 bits per heavy atom. The Morgan fingerprint density at radius 2 is 1.90 bits per heavy atom. The van der Waals surface area contributed by atoms with Crippen molar-refractivity contribution in [3.8, 4) is 11.5 Å². The number of hydrogen-bond acceptors (Lipinski definition) is 4. The predicted molar refractivity (Wildman–Crippen MR) is 101 cm³/mol. The number of halogens is 1. The summed E-state index contributed by atoms with van der Waals surface area (Å²) in [6.07, 6.45) is 1.55. The maximum atomic E-state index is 13.0. The van der Waals surface area contributed by atoms with Gasteiger partial charge in [0, 0.05) is 25.8 Å². The van der Waals surface area contributed by atoms with Crippen molar-refractivity contribution >= 4 is 11.8 Å². The number of benzene rings is 2. The first-order valence-corrected chi connectivity index (χ1v) is 9.00. The summed E-state index contributed by atoms with van der Waals surface area (Å²) < 4.78 is 20.5. The normalized spacial score (nSPS) is 13.2. The van der Waals surface area contributed by atoms with Gasteiger partial charge < -0.3 is 14.2 Å². The van der Waals surface area contributed by atoms with Gasteiger partial charge in [-0.05, 0) is 48.0 Å². The number of carbonyl (C=O) groups is 2. The molecule has 1 aromatic heterocycles. The number of rotatable bonds is 5. The molecule has 0 atom stereocenters. The third-order valence-electron chi connectivity index (χ3n) is 4.70. The highest BCUT2D eigenvalue weighted by Gasteiger charge is 2.26. The first-order valence-electron chi connectivity index (χ1n) is 9.00. The number of ether oxygens (including phenoxy) is 1. The van der Waals surface area contributed by atoms with E-state index in [-0.39, 0.29) is 17.3 Å². The molecule has 0 unspecified atom stereocenters. The molecule has 0 bridgehead atoms. The second-order valence-corrected chi connectivity index (χ2v) is 6.68. The van der Waals surface area contributed by atoms with Crippen molar-refractivity contribution in [3.63, 3.8) is 0 Å². The van der Waals surface area contributed by atoms with Crippen LogP contribution in [0.25, 0.3) is 0 Å². The molecular formula is C21H18FN3O4. The second-order valence-electron chi connectivity index (χ2n) is 6.68. The molecule has 4 rings (SSSR count). The van der Waals surface area contributed by atoms with E-state index in [0.29, 0.717) is 36.8 Å². The van der Waals surface area contributed by atoms with Crippen LogP contribution in [-0.4, -0.2) is 33.0 Å². The van der Waals surface area contributed by atoms with Crippen LogP contribution >= 0.6 is 0 Å². The van der Waals surface area contributed by atoms with Gasteiger partial charge in [-0.3, -0.25) is 14.8 Å². The van der Waals surface area contributed by atoms with Crippen molar-refractivity contribution in [2.75, 3.05) is 6.54 Å². The van der Waals surface area contributed by atoms with E-state index in [2.05, 4.69) is 0 Å². The van der Waals surface area contributed by atoms with E-state index in [1.807, 2.05) is 18.2 Å². The lowest BCUT2D eigenvalue weighted by molar-refractivity contribution is 0.0689. The number of nitrogens with one attached hydrogen (secondary N) is 1. The van der Waals surface area contributed by atoms with Crippen LogP contribution < -0.4 is 10.2 Å². The van der Waals surface area contributed by atoms with Crippen molar-refractivity contribution in [3.05, 3.63) is 83.4 Å². The van der Waals surface area contributed by atoms with Crippen molar-refractivity contribution in [1.82, 2.24) is 14.9 Å². The highest BCUT2D eigenvalue weighted by molar-refractivity contribution is 5.99. The van der Waals surface area contributed by atoms with Gasteiger partial charge in [0.25, 0.3) is 11.8 Å². The third-order valence-corrected chi connectivity index (χ3v) is 4.70. The molecule has 0 fully saturated rings. The van der Waals surface area contributed by atoms with Crippen molar-refractivity contribution in [1.29, 1.82) is 0 Å². The van der Waals surface area contributed by atoms with Gasteiger partial charge in [0.15, 0.2) is 0 Å². The van der Waals surface area contributed by atoms with Crippen LogP contribution in [0.1, 0.15) is 26.4 Å². The zero-order valence-corrected chi connectivity index (χ0v) is 15.3. The molecular weight excluding hydrogens is 377 g/mol. The highest BCUT2D eigenvalue weighted by Crippen LogP contribution is 2.24. The van der Waals surface area contributed by atoms with Crippen LogP contribution in [0.4, 0.5) is 4.39 Å². The summed E-state index contributed by atoms with van der Waals surface area (Å²) in [5.74, 6) is -0.0805. The number of aromatic nitrogens is 1. The Morgan fingerprint density at radius 1 is 1.10 bits per heavy atom. The van der Waals surface area contributed by atoms with Crippen LogP contribution in [0.3, 0.4) is 0 Å². The topological polar surface area (TPSA) is 83.8 Å². The summed E-state index contributed by atoms with van der Waals surface area (Å²) in [6.45, 7) is 1.42. The van der Waals surface area contributed by atoms with E-state index in [1.165, 1.54) is 18.2 Å². The summed E-state index contributed by atoms with van der Waals surface area (Å²) in [7, 11) is 0. The third kappa shape index (κ3) is 3.97. The van der Waals surface area contributed by atoms with Crippen molar-refractivity contribution in [2.24, 2.45) is 0 Å². The Hall–Kier alpha value is -3.65. The summed E-state index contributed by atoms with van der Waals surface area (Å²) in [5, 5.41) is 8.77. The quantitative estimate of drug-likeness (QED) is 0.513. The molecule has 29 heavy (non-hydrogen) atoms. The van der Waals surface area contributed by atoms with E-state index in [1.54, 1.807) is 39.3 Å². The molecule has 2 amide bonds. The second kappa shape index (κ2) is 7.76. The minimum Gasteiger partial charge on any atom is -0.457 e. The zero-order chi connectivity index (χ0) is 20.4. The van der Waals surface area contributed by atoms with E-state index < -0.39 is 5.91 Å². The number of nitrogens with zero attached hydrogens (tertiary/aromatic N) is 2. The van der Waals surface area contributed by atoms with Gasteiger partial charge in [-0.1, -0.05) is 12.1 Å². The largest absolute Gasteiger partial charge is 0.457 e. The van der Waals surface area contributed by atoms with E-state index in [0.717, 1.165) is 5.56 Å². The molecule has 3 aromatic rings. The van der Waals surface area contributed by atoms with Crippen LogP contribution in [0.15, 0.2) is 60.8 Å². The predicted octanol–water partition coefficient (Wildman–Crippen LogP) is 3.19. The van der Waals surface area contributed by atoms with Gasteiger partial charge >= 0.3 is 0 Å². The molecule has 8 heteroatoms. The van der Waals surface area contributed by atoms with Gasteiger partial charge in [-0.15, -0.1) is 0 Å². The molecule has 1 aliphatic rings. The summed E-state index contributed by atoms with van der Waals surface area (Å²) in [6, 6.07) is 14.5. The number of hydrogen-bond donors (Lipinski definition) is 2. The highest BCUT2D eigenvalue weighted by atomic mass is 19.1. The number of carbonyl (C=O) groups excluding carboxylic acids is 2. The summed E-state index contributed by atoms with van der Waals surface area (Å²) in [5.41, 5.74) is 3.08. The van der Waals surface area contributed by atoms with Gasteiger partial charge in [-0.2, -0.15) is 0 Å². The standard InChI is InChI=1S/C21H18FN3O4/c22-16-4-6-17(7-5-16)29-18-3-1-2-14(10-18)12-25-9-8-24-13-15(20(26)23-28)11-19(24)21(25)27/h1-7,10-11,13,28H,8-9,12H2,(H,23,26). The lowest BCUT2D eigenvalue weighted by Crippen LogP contribution is -2.39. The van der Waals surface area contributed by atoms with Gasteiger partial charge in [0.1, 0.15) is 23.0 Å². The molecule has 0 spiro atoms. The lowest BCUT2D eigenvalue weighted by Gasteiger charge is -2.28. The van der Waals surface area contributed by atoms with E-state index >= 15 is 0 Å². The van der Waals surface area contributed by atoms with Crippen molar-refractivity contribution in [2.45, 2.75) is 13.1 Å².